The van der Waals surface area contributed by atoms with Crippen molar-refractivity contribution in [2.45, 2.75) is 38.8 Å². The molecule has 0 spiro atoms. The van der Waals surface area contributed by atoms with Crippen LogP contribution in [0.25, 0.3) is 11.3 Å². The second-order valence-corrected chi connectivity index (χ2v) is 6.01. The van der Waals surface area contributed by atoms with E-state index in [4.69, 9.17) is 11.6 Å². The summed E-state index contributed by atoms with van der Waals surface area (Å²) in [5, 5.41) is 4.36. The lowest BCUT2D eigenvalue weighted by Gasteiger charge is -2.32. The predicted octanol–water partition coefficient (Wildman–Crippen LogP) is 3.82. The first kappa shape index (κ1) is 13.7. The molecule has 0 radical (unpaired) electrons. The molecular weight excluding hydrogens is 270 g/mol. The summed E-state index contributed by atoms with van der Waals surface area (Å²) in [6.07, 6.45) is 6.28. The molecule has 2 heterocycles. The smallest absolute Gasteiger partial charge is 0.0954 e. The minimum absolute atomic E-state index is 0.460. The number of piperidine rings is 1. The van der Waals surface area contributed by atoms with Crippen LogP contribution in [0.5, 0.6) is 0 Å². The Hall–Kier alpha value is -1.32. The molecule has 1 fully saturated rings. The van der Waals surface area contributed by atoms with Crippen LogP contribution >= 0.6 is 11.6 Å². The fourth-order valence-corrected chi connectivity index (χ4v) is 3.13. The lowest BCUT2D eigenvalue weighted by atomic mass is 9.99. The molecule has 1 N–H and O–H groups in total. The molecule has 1 aromatic heterocycles. The number of benzene rings is 1. The highest BCUT2D eigenvalue weighted by Gasteiger charge is 2.24. The van der Waals surface area contributed by atoms with Gasteiger partial charge in [-0.2, -0.15) is 0 Å². The van der Waals surface area contributed by atoms with Crippen LogP contribution in [0.4, 0.5) is 0 Å². The Morgan fingerprint density at radius 1 is 1.40 bits per heavy atom. The van der Waals surface area contributed by atoms with Crippen LogP contribution in [0, 0.1) is 6.92 Å². The summed E-state index contributed by atoms with van der Waals surface area (Å²) in [6, 6.07) is 7.15. The molecule has 2 unspecified atom stereocenters. The van der Waals surface area contributed by atoms with Crippen LogP contribution < -0.4 is 5.32 Å². The van der Waals surface area contributed by atoms with Gasteiger partial charge in [0.1, 0.15) is 0 Å². The van der Waals surface area contributed by atoms with E-state index in [-0.39, 0.29) is 0 Å². The van der Waals surface area contributed by atoms with Gasteiger partial charge in [0.2, 0.25) is 0 Å². The Bertz CT molecular complexity index is 606. The Labute approximate surface area is 125 Å². The van der Waals surface area contributed by atoms with E-state index >= 15 is 0 Å². The maximum Gasteiger partial charge on any atom is 0.0954 e. The van der Waals surface area contributed by atoms with Gasteiger partial charge in [-0.1, -0.05) is 23.7 Å². The van der Waals surface area contributed by atoms with E-state index in [0.717, 1.165) is 28.4 Å². The summed E-state index contributed by atoms with van der Waals surface area (Å²) >= 11 is 6.26. The zero-order chi connectivity index (χ0) is 14.1. The van der Waals surface area contributed by atoms with Gasteiger partial charge in [0.05, 0.1) is 24.3 Å². The Balaban J connectivity index is 1.98. The average Bonchev–Trinajstić information content (AvgIpc) is 2.91. The molecule has 1 saturated heterocycles. The van der Waals surface area contributed by atoms with Crippen molar-refractivity contribution in [2.75, 3.05) is 6.54 Å². The van der Waals surface area contributed by atoms with E-state index in [1.165, 1.54) is 12.8 Å². The van der Waals surface area contributed by atoms with Crippen LogP contribution in [0.15, 0.2) is 30.7 Å². The monoisotopic (exact) mass is 289 g/mol. The Kier molecular flexibility index (Phi) is 3.81. The van der Waals surface area contributed by atoms with Crippen LogP contribution in [-0.4, -0.2) is 22.1 Å². The molecule has 0 saturated carbocycles. The number of hydrogen-bond acceptors (Lipinski definition) is 2. The second-order valence-electron chi connectivity index (χ2n) is 5.60. The standard InChI is InChI=1S/C16H20ClN3/c1-11-5-6-13(8-14(11)17)16-9-18-10-20(16)15-4-3-7-19-12(15)2/h5-6,8-10,12,15,19H,3-4,7H2,1-2H3. The highest BCUT2D eigenvalue weighted by molar-refractivity contribution is 6.31. The van der Waals surface area contributed by atoms with Crippen LogP contribution in [-0.2, 0) is 0 Å². The first-order valence-corrected chi connectivity index (χ1v) is 7.56. The zero-order valence-electron chi connectivity index (χ0n) is 11.9. The number of aromatic nitrogens is 2. The van der Waals surface area contributed by atoms with Crippen molar-refractivity contribution in [1.82, 2.24) is 14.9 Å². The molecule has 0 bridgehead atoms. The third-order valence-corrected chi connectivity index (χ3v) is 4.62. The van der Waals surface area contributed by atoms with Crippen molar-refractivity contribution in [3.63, 3.8) is 0 Å². The zero-order valence-corrected chi connectivity index (χ0v) is 12.7. The summed E-state index contributed by atoms with van der Waals surface area (Å²) in [7, 11) is 0. The maximum absolute atomic E-state index is 6.26. The van der Waals surface area contributed by atoms with Gasteiger partial charge in [-0.15, -0.1) is 0 Å². The summed E-state index contributed by atoms with van der Waals surface area (Å²) in [5.41, 5.74) is 3.39. The molecular formula is C16H20ClN3. The van der Waals surface area contributed by atoms with E-state index in [1.807, 2.05) is 25.5 Å². The van der Waals surface area contributed by atoms with Gasteiger partial charge >= 0.3 is 0 Å². The van der Waals surface area contributed by atoms with Crippen LogP contribution in [0.3, 0.4) is 0 Å². The number of hydrogen-bond donors (Lipinski definition) is 1. The molecule has 0 aliphatic carbocycles. The van der Waals surface area contributed by atoms with Gasteiger partial charge in [0.15, 0.2) is 0 Å². The van der Waals surface area contributed by atoms with Crippen molar-refractivity contribution in [2.24, 2.45) is 0 Å². The molecule has 3 nitrogen and oxygen atoms in total. The second kappa shape index (κ2) is 5.58. The van der Waals surface area contributed by atoms with Crippen molar-refractivity contribution in [3.05, 3.63) is 41.3 Å². The van der Waals surface area contributed by atoms with Gasteiger partial charge in [-0.25, -0.2) is 4.98 Å². The third kappa shape index (κ3) is 2.48. The quantitative estimate of drug-likeness (QED) is 0.911. The van der Waals surface area contributed by atoms with E-state index in [1.54, 1.807) is 0 Å². The molecule has 2 atom stereocenters. The fraction of sp³-hybridized carbons (Fsp3) is 0.438. The summed E-state index contributed by atoms with van der Waals surface area (Å²) in [5.74, 6) is 0. The minimum atomic E-state index is 0.460. The lowest BCUT2D eigenvalue weighted by molar-refractivity contribution is 0.297. The Morgan fingerprint density at radius 2 is 2.25 bits per heavy atom. The largest absolute Gasteiger partial charge is 0.326 e. The van der Waals surface area contributed by atoms with Gasteiger partial charge in [-0.05, 0) is 44.9 Å². The van der Waals surface area contributed by atoms with E-state index in [0.29, 0.717) is 12.1 Å². The van der Waals surface area contributed by atoms with Crippen LogP contribution in [0.1, 0.15) is 31.4 Å². The molecule has 1 aromatic carbocycles. The van der Waals surface area contributed by atoms with Gasteiger partial charge < -0.3 is 9.88 Å². The van der Waals surface area contributed by atoms with Crippen molar-refractivity contribution in [3.8, 4) is 11.3 Å². The van der Waals surface area contributed by atoms with E-state index < -0.39 is 0 Å². The fourth-order valence-electron chi connectivity index (χ4n) is 2.95. The minimum Gasteiger partial charge on any atom is -0.326 e. The molecule has 4 heteroatoms. The summed E-state index contributed by atoms with van der Waals surface area (Å²) in [6.45, 7) is 5.38. The van der Waals surface area contributed by atoms with Crippen molar-refractivity contribution in [1.29, 1.82) is 0 Å². The highest BCUT2D eigenvalue weighted by atomic mass is 35.5. The summed E-state index contributed by atoms with van der Waals surface area (Å²) in [4.78, 5) is 4.35. The molecule has 0 amide bonds. The van der Waals surface area contributed by atoms with Gasteiger partial charge in [0.25, 0.3) is 0 Å². The van der Waals surface area contributed by atoms with Gasteiger partial charge in [0, 0.05) is 16.6 Å². The Morgan fingerprint density at radius 3 is 3.00 bits per heavy atom. The first-order valence-electron chi connectivity index (χ1n) is 7.18. The molecule has 3 rings (SSSR count). The predicted molar refractivity (Wildman–Crippen MR) is 83.1 cm³/mol. The topological polar surface area (TPSA) is 29.9 Å². The normalized spacial score (nSPS) is 22.9. The SMILES string of the molecule is Cc1ccc(-c2cncn2C2CCCNC2C)cc1Cl. The van der Waals surface area contributed by atoms with Crippen LogP contribution in [0.2, 0.25) is 5.02 Å². The maximum atomic E-state index is 6.26. The number of nitrogens with zero attached hydrogens (tertiary/aromatic N) is 2. The van der Waals surface area contributed by atoms with Crippen molar-refractivity contribution >= 4 is 11.6 Å². The molecule has 20 heavy (non-hydrogen) atoms. The molecule has 1 aliphatic heterocycles. The third-order valence-electron chi connectivity index (χ3n) is 4.21. The molecule has 106 valence electrons. The number of rotatable bonds is 2. The highest BCUT2D eigenvalue weighted by Crippen LogP contribution is 2.30. The number of imidazole rings is 1. The van der Waals surface area contributed by atoms with E-state index in [9.17, 15) is 0 Å². The summed E-state index contributed by atoms with van der Waals surface area (Å²) < 4.78 is 2.29. The molecule has 1 aliphatic rings. The average molecular weight is 290 g/mol. The number of nitrogens with one attached hydrogen (secondary N) is 1. The van der Waals surface area contributed by atoms with E-state index in [2.05, 4.69) is 33.9 Å². The number of aryl methyl sites for hydroxylation is 1. The first-order chi connectivity index (χ1) is 9.66. The lowest BCUT2D eigenvalue weighted by Crippen LogP contribution is -2.40. The van der Waals surface area contributed by atoms with Gasteiger partial charge in [-0.3, -0.25) is 0 Å². The van der Waals surface area contributed by atoms with Crippen molar-refractivity contribution < 1.29 is 0 Å². The number of halogens is 1. The molecule has 2 aromatic rings.